The third-order valence-electron chi connectivity index (χ3n) is 4.44. The molecule has 2 aliphatic heterocycles. The van der Waals surface area contributed by atoms with Gasteiger partial charge >= 0.3 is 0 Å². The van der Waals surface area contributed by atoms with E-state index in [4.69, 9.17) is 0 Å². The van der Waals surface area contributed by atoms with Crippen molar-refractivity contribution in [2.24, 2.45) is 11.8 Å². The zero-order valence-electron chi connectivity index (χ0n) is 13.9. The number of piperazine rings is 1. The number of nitrogens with zero attached hydrogens (tertiary/aromatic N) is 3. The highest BCUT2D eigenvalue weighted by Gasteiger charge is 2.23. The number of likely N-dealkylation sites (tertiary alicyclic amines) is 1. The highest BCUT2D eigenvalue weighted by Crippen LogP contribution is 2.19. The van der Waals surface area contributed by atoms with Crippen LogP contribution in [0.4, 0.5) is 4.39 Å². The maximum atomic E-state index is 9.50. The smallest absolute Gasteiger partial charge is 0.0785 e. The Balaban J connectivity index is 0.000000956. The molecule has 0 atom stereocenters. The predicted molar refractivity (Wildman–Crippen MR) is 85.0 cm³/mol. The Bertz CT molecular complexity index is 232. The van der Waals surface area contributed by atoms with E-state index in [0.29, 0.717) is 7.18 Å². The zero-order chi connectivity index (χ0) is 15.0. The molecule has 0 aromatic carbocycles. The molecule has 0 aliphatic carbocycles. The molecule has 20 heavy (non-hydrogen) atoms. The van der Waals surface area contributed by atoms with E-state index >= 15 is 0 Å². The molecular weight excluding hydrogens is 253 g/mol. The van der Waals surface area contributed by atoms with Crippen molar-refractivity contribution in [2.75, 3.05) is 66.6 Å². The summed E-state index contributed by atoms with van der Waals surface area (Å²) in [6, 6.07) is 0. The largest absolute Gasteiger partial charge is 0.304 e. The van der Waals surface area contributed by atoms with Crippen LogP contribution in [0, 0.1) is 11.8 Å². The molecule has 120 valence electrons. The molecule has 0 unspecified atom stereocenters. The predicted octanol–water partition coefficient (Wildman–Crippen LogP) is 2.19. The molecule has 0 spiro atoms. The fourth-order valence-corrected chi connectivity index (χ4v) is 3.26. The summed E-state index contributed by atoms with van der Waals surface area (Å²) < 4.78 is 9.50. The molecule has 0 amide bonds. The summed E-state index contributed by atoms with van der Waals surface area (Å²) in [6.45, 7) is 15.0. The first-order chi connectivity index (χ1) is 9.63. The summed E-state index contributed by atoms with van der Waals surface area (Å²) in [5.74, 6) is 1.77. The second-order valence-electron chi connectivity index (χ2n) is 6.74. The molecular formula is C16H34FN3. The van der Waals surface area contributed by atoms with Gasteiger partial charge in [-0.3, -0.25) is 4.39 Å². The first-order valence-electron chi connectivity index (χ1n) is 8.14. The van der Waals surface area contributed by atoms with E-state index in [1.54, 1.807) is 0 Å². The molecule has 4 heteroatoms. The minimum atomic E-state index is 0.500. The van der Waals surface area contributed by atoms with Gasteiger partial charge in [0, 0.05) is 39.3 Å². The molecule has 2 fully saturated rings. The molecule has 2 aliphatic rings. The molecule has 2 rings (SSSR count). The van der Waals surface area contributed by atoms with Crippen molar-refractivity contribution >= 4 is 0 Å². The van der Waals surface area contributed by atoms with Crippen LogP contribution in [0.25, 0.3) is 0 Å². The van der Waals surface area contributed by atoms with Crippen molar-refractivity contribution < 1.29 is 4.39 Å². The fraction of sp³-hybridized carbons (Fsp3) is 1.00. The van der Waals surface area contributed by atoms with Crippen LogP contribution in [-0.4, -0.2) is 81.3 Å². The minimum Gasteiger partial charge on any atom is -0.304 e. The Labute approximate surface area is 125 Å². The van der Waals surface area contributed by atoms with Crippen LogP contribution in [0.2, 0.25) is 0 Å². The van der Waals surface area contributed by atoms with Crippen LogP contribution >= 0.6 is 0 Å². The van der Waals surface area contributed by atoms with E-state index < -0.39 is 0 Å². The zero-order valence-corrected chi connectivity index (χ0v) is 13.9. The van der Waals surface area contributed by atoms with Crippen LogP contribution in [0.3, 0.4) is 0 Å². The van der Waals surface area contributed by atoms with Crippen LogP contribution in [0.15, 0.2) is 0 Å². The summed E-state index contributed by atoms with van der Waals surface area (Å²) in [7, 11) is 2.74. The van der Waals surface area contributed by atoms with E-state index in [2.05, 4.69) is 35.6 Å². The molecule has 2 heterocycles. The Morgan fingerprint density at radius 1 is 0.900 bits per heavy atom. The van der Waals surface area contributed by atoms with Crippen LogP contribution in [0.5, 0.6) is 0 Å². The summed E-state index contributed by atoms with van der Waals surface area (Å²) in [6.07, 6.45) is 2.83. The number of piperidine rings is 1. The highest BCUT2D eigenvalue weighted by molar-refractivity contribution is 4.78. The Morgan fingerprint density at radius 2 is 1.45 bits per heavy atom. The summed E-state index contributed by atoms with van der Waals surface area (Å²) in [4.78, 5) is 7.79. The van der Waals surface area contributed by atoms with E-state index in [0.717, 1.165) is 11.8 Å². The highest BCUT2D eigenvalue weighted by atomic mass is 19.1. The molecule has 2 saturated heterocycles. The van der Waals surface area contributed by atoms with Gasteiger partial charge in [-0.1, -0.05) is 13.8 Å². The Hall–Kier alpha value is -0.190. The van der Waals surface area contributed by atoms with E-state index in [-0.39, 0.29) is 0 Å². The van der Waals surface area contributed by atoms with Crippen molar-refractivity contribution in [3.63, 3.8) is 0 Å². The molecule has 0 saturated carbocycles. The molecule has 3 nitrogen and oxygen atoms in total. The van der Waals surface area contributed by atoms with Crippen molar-refractivity contribution in [1.29, 1.82) is 0 Å². The fourth-order valence-electron chi connectivity index (χ4n) is 3.26. The van der Waals surface area contributed by atoms with Crippen LogP contribution in [-0.2, 0) is 0 Å². The van der Waals surface area contributed by atoms with Gasteiger partial charge in [-0.15, -0.1) is 0 Å². The number of likely N-dealkylation sites (N-methyl/N-ethyl adjacent to an activating group) is 1. The maximum Gasteiger partial charge on any atom is 0.0785 e. The maximum absolute atomic E-state index is 9.50. The van der Waals surface area contributed by atoms with E-state index in [9.17, 15) is 4.39 Å². The summed E-state index contributed by atoms with van der Waals surface area (Å²) in [5.41, 5.74) is 0. The lowest BCUT2D eigenvalue weighted by Crippen LogP contribution is -2.47. The van der Waals surface area contributed by atoms with Gasteiger partial charge in [0.15, 0.2) is 0 Å². The molecule has 0 aromatic rings. The number of halogens is 1. The lowest BCUT2D eigenvalue weighted by Gasteiger charge is -2.38. The van der Waals surface area contributed by atoms with Crippen molar-refractivity contribution in [2.45, 2.75) is 26.7 Å². The van der Waals surface area contributed by atoms with E-state index in [1.165, 1.54) is 65.2 Å². The third-order valence-corrected chi connectivity index (χ3v) is 4.44. The Morgan fingerprint density at radius 3 is 1.95 bits per heavy atom. The van der Waals surface area contributed by atoms with Crippen molar-refractivity contribution in [1.82, 2.24) is 14.7 Å². The second kappa shape index (κ2) is 9.69. The third kappa shape index (κ3) is 6.51. The number of hydrogen-bond acceptors (Lipinski definition) is 3. The van der Waals surface area contributed by atoms with Crippen molar-refractivity contribution in [3.8, 4) is 0 Å². The van der Waals surface area contributed by atoms with Gasteiger partial charge in [-0.2, -0.15) is 0 Å². The van der Waals surface area contributed by atoms with Crippen molar-refractivity contribution in [3.05, 3.63) is 0 Å². The van der Waals surface area contributed by atoms with Crippen LogP contribution in [0.1, 0.15) is 26.7 Å². The Kier molecular flexibility index (Phi) is 8.66. The second-order valence-corrected chi connectivity index (χ2v) is 6.74. The standard InChI is InChI=1S/C15H31N3.CH3F/c1-14(2)12-17-6-4-15(5-7-17)13-18-10-8-16(3)9-11-18;1-2/h14-15H,4-13H2,1-3H3;1H3. The molecule has 0 N–H and O–H groups in total. The quantitative estimate of drug-likeness (QED) is 0.785. The number of hydrogen-bond donors (Lipinski definition) is 0. The average molecular weight is 287 g/mol. The lowest BCUT2D eigenvalue weighted by atomic mass is 9.95. The van der Waals surface area contributed by atoms with Gasteiger partial charge < -0.3 is 14.7 Å². The topological polar surface area (TPSA) is 9.72 Å². The lowest BCUT2D eigenvalue weighted by molar-refractivity contribution is 0.102. The normalized spacial score (nSPS) is 23.7. The first-order valence-corrected chi connectivity index (χ1v) is 8.14. The van der Waals surface area contributed by atoms with Gasteiger partial charge in [-0.25, -0.2) is 0 Å². The average Bonchev–Trinajstić information content (AvgIpc) is 2.45. The van der Waals surface area contributed by atoms with Gasteiger partial charge in [0.1, 0.15) is 0 Å². The van der Waals surface area contributed by atoms with E-state index in [1.807, 2.05) is 0 Å². The number of alkyl halides is 1. The van der Waals surface area contributed by atoms with Crippen LogP contribution < -0.4 is 0 Å². The first kappa shape index (κ1) is 17.9. The monoisotopic (exact) mass is 287 g/mol. The van der Waals surface area contributed by atoms with Gasteiger partial charge in [-0.05, 0) is 44.8 Å². The summed E-state index contributed by atoms with van der Waals surface area (Å²) >= 11 is 0. The minimum absolute atomic E-state index is 0.500. The SMILES string of the molecule is CC(C)CN1CCC(CN2CCN(C)CC2)CC1.CF. The van der Waals surface area contributed by atoms with Gasteiger partial charge in [0.05, 0.1) is 7.18 Å². The summed E-state index contributed by atoms with van der Waals surface area (Å²) in [5, 5.41) is 0. The molecule has 0 radical (unpaired) electrons. The molecule has 0 bridgehead atoms. The van der Waals surface area contributed by atoms with Gasteiger partial charge in [0.2, 0.25) is 0 Å². The van der Waals surface area contributed by atoms with Gasteiger partial charge in [0.25, 0.3) is 0 Å². The molecule has 0 aromatic heterocycles. The number of rotatable bonds is 4.